The van der Waals surface area contributed by atoms with E-state index in [1.807, 2.05) is 4.98 Å². The average Bonchev–Trinajstić information content (AvgIpc) is 2.24. The highest BCUT2D eigenvalue weighted by atomic mass is 16.3. The monoisotopic (exact) mass is 227 g/mol. The summed E-state index contributed by atoms with van der Waals surface area (Å²) >= 11 is 0. The summed E-state index contributed by atoms with van der Waals surface area (Å²) in [7, 11) is 0. The van der Waals surface area contributed by atoms with Gasteiger partial charge in [-0.1, -0.05) is 6.92 Å². The number of aromatic nitrogens is 2. The van der Waals surface area contributed by atoms with Crippen molar-refractivity contribution in [3.05, 3.63) is 32.6 Å². The molecule has 0 aromatic carbocycles. The Labute approximate surface area is 90.5 Å². The Kier molecular flexibility index (Phi) is 4.01. The molecule has 0 fully saturated rings. The summed E-state index contributed by atoms with van der Waals surface area (Å²) in [4.78, 5) is 37.5. The van der Waals surface area contributed by atoms with Gasteiger partial charge in [0.1, 0.15) is 5.69 Å². The first kappa shape index (κ1) is 12.2. The quantitative estimate of drug-likeness (QED) is 0.504. The lowest BCUT2D eigenvalue weighted by Gasteiger charge is -2.13. The van der Waals surface area contributed by atoms with Gasteiger partial charge in [-0.2, -0.15) is 0 Å². The minimum absolute atomic E-state index is 0.124. The molecule has 0 saturated heterocycles. The molecule has 1 rings (SSSR count). The van der Waals surface area contributed by atoms with Crippen LogP contribution in [0, 0.1) is 0 Å². The Morgan fingerprint density at radius 1 is 1.50 bits per heavy atom. The van der Waals surface area contributed by atoms with Crippen LogP contribution in [-0.2, 0) is 0 Å². The summed E-state index contributed by atoms with van der Waals surface area (Å²) in [6.07, 6.45) is 0.551. The molecule has 1 aromatic heterocycles. The third-order valence-corrected chi connectivity index (χ3v) is 2.05. The second-order valence-electron chi connectivity index (χ2n) is 3.26. The number of aliphatic hydroxyl groups is 1. The third-order valence-electron chi connectivity index (χ3n) is 2.05. The van der Waals surface area contributed by atoms with Gasteiger partial charge in [0, 0.05) is 6.07 Å². The Bertz CT molecular complexity index is 444. The fourth-order valence-corrected chi connectivity index (χ4v) is 1.13. The van der Waals surface area contributed by atoms with E-state index in [9.17, 15) is 14.4 Å². The molecule has 0 aliphatic heterocycles. The van der Waals surface area contributed by atoms with Gasteiger partial charge in [0.25, 0.3) is 11.5 Å². The van der Waals surface area contributed by atoms with Crippen LogP contribution in [-0.4, -0.2) is 33.6 Å². The van der Waals surface area contributed by atoms with E-state index in [-0.39, 0.29) is 12.3 Å². The third kappa shape index (κ3) is 3.06. The number of carbonyl (C=O) groups excluding carboxylic acids is 1. The topological polar surface area (TPSA) is 115 Å². The number of aromatic amines is 2. The molecule has 0 unspecified atom stereocenters. The zero-order valence-electron chi connectivity index (χ0n) is 8.74. The predicted molar refractivity (Wildman–Crippen MR) is 56.3 cm³/mol. The van der Waals surface area contributed by atoms with E-state index >= 15 is 0 Å². The molecule has 0 bridgehead atoms. The molecule has 1 aromatic rings. The molecule has 88 valence electrons. The Morgan fingerprint density at radius 3 is 2.69 bits per heavy atom. The zero-order valence-corrected chi connectivity index (χ0v) is 8.74. The van der Waals surface area contributed by atoms with Crippen LogP contribution in [0.15, 0.2) is 15.7 Å². The molecule has 0 aliphatic carbocycles. The number of H-pyrrole nitrogens is 2. The molecule has 16 heavy (non-hydrogen) atoms. The first-order valence-electron chi connectivity index (χ1n) is 4.82. The van der Waals surface area contributed by atoms with E-state index in [0.29, 0.717) is 6.42 Å². The van der Waals surface area contributed by atoms with Gasteiger partial charge >= 0.3 is 5.69 Å². The van der Waals surface area contributed by atoms with E-state index in [1.54, 1.807) is 6.92 Å². The van der Waals surface area contributed by atoms with Gasteiger partial charge in [-0.15, -0.1) is 0 Å². The molecule has 0 aliphatic rings. The van der Waals surface area contributed by atoms with Crippen LogP contribution in [0.3, 0.4) is 0 Å². The lowest BCUT2D eigenvalue weighted by molar-refractivity contribution is 0.0909. The van der Waals surface area contributed by atoms with E-state index in [4.69, 9.17) is 5.11 Å². The second kappa shape index (κ2) is 5.26. The molecule has 7 nitrogen and oxygen atoms in total. The molecular formula is C9H13N3O4. The van der Waals surface area contributed by atoms with Gasteiger partial charge in [0.2, 0.25) is 0 Å². The van der Waals surface area contributed by atoms with Crippen molar-refractivity contribution in [1.29, 1.82) is 0 Å². The molecule has 0 saturated carbocycles. The standard InChI is InChI=1S/C9H13N3O4/c1-2-5(4-13)10-8(15)6-3-7(14)12-9(16)11-6/h3,5,13H,2,4H2,1H3,(H,10,15)(H2,11,12,14,16)/t5-/m0/s1. The van der Waals surface area contributed by atoms with E-state index in [0.717, 1.165) is 6.07 Å². The largest absolute Gasteiger partial charge is 0.394 e. The van der Waals surface area contributed by atoms with Gasteiger partial charge in [-0.25, -0.2) is 4.79 Å². The Balaban J connectivity index is 2.88. The van der Waals surface area contributed by atoms with Crippen molar-refractivity contribution in [2.24, 2.45) is 0 Å². The van der Waals surface area contributed by atoms with Gasteiger partial charge in [-0.05, 0) is 6.42 Å². The van der Waals surface area contributed by atoms with Crippen LogP contribution in [0.2, 0.25) is 0 Å². The summed E-state index contributed by atoms with van der Waals surface area (Å²) < 4.78 is 0. The minimum atomic E-state index is -0.741. The smallest absolute Gasteiger partial charge is 0.326 e. The maximum absolute atomic E-state index is 11.5. The normalized spacial score (nSPS) is 12.1. The maximum Gasteiger partial charge on any atom is 0.326 e. The second-order valence-corrected chi connectivity index (χ2v) is 3.26. The van der Waals surface area contributed by atoms with Crippen LogP contribution >= 0.6 is 0 Å². The number of hydrogen-bond donors (Lipinski definition) is 4. The zero-order chi connectivity index (χ0) is 12.1. The van der Waals surface area contributed by atoms with Crippen molar-refractivity contribution in [3.63, 3.8) is 0 Å². The molecule has 0 radical (unpaired) electrons. The van der Waals surface area contributed by atoms with Crippen molar-refractivity contribution in [2.45, 2.75) is 19.4 Å². The van der Waals surface area contributed by atoms with Gasteiger partial charge in [0.15, 0.2) is 0 Å². The highest BCUT2D eigenvalue weighted by Crippen LogP contribution is 1.92. The average molecular weight is 227 g/mol. The molecular weight excluding hydrogens is 214 g/mol. The number of amides is 1. The first-order valence-corrected chi connectivity index (χ1v) is 4.82. The fraction of sp³-hybridized carbons (Fsp3) is 0.444. The van der Waals surface area contributed by atoms with Crippen molar-refractivity contribution >= 4 is 5.91 Å². The van der Waals surface area contributed by atoms with Crippen molar-refractivity contribution in [1.82, 2.24) is 15.3 Å². The van der Waals surface area contributed by atoms with Crippen LogP contribution in [0.4, 0.5) is 0 Å². The number of hydrogen-bond acceptors (Lipinski definition) is 4. The van der Waals surface area contributed by atoms with Crippen molar-refractivity contribution in [2.75, 3.05) is 6.61 Å². The number of nitrogens with one attached hydrogen (secondary N) is 3. The molecule has 7 heteroatoms. The van der Waals surface area contributed by atoms with E-state index < -0.39 is 23.2 Å². The lowest BCUT2D eigenvalue weighted by atomic mass is 10.2. The summed E-state index contributed by atoms with van der Waals surface area (Å²) in [5.74, 6) is -0.593. The minimum Gasteiger partial charge on any atom is -0.394 e. The van der Waals surface area contributed by atoms with Gasteiger partial charge in [-0.3, -0.25) is 14.6 Å². The van der Waals surface area contributed by atoms with Crippen LogP contribution in [0.25, 0.3) is 0 Å². The summed E-state index contributed by atoms with van der Waals surface area (Å²) in [5.41, 5.74) is -1.51. The lowest BCUT2D eigenvalue weighted by Crippen LogP contribution is -2.39. The van der Waals surface area contributed by atoms with E-state index in [1.165, 1.54) is 0 Å². The van der Waals surface area contributed by atoms with Crippen LogP contribution in [0.1, 0.15) is 23.8 Å². The Morgan fingerprint density at radius 2 is 2.19 bits per heavy atom. The Hall–Kier alpha value is -1.89. The number of carbonyl (C=O) groups is 1. The predicted octanol–water partition coefficient (Wildman–Crippen LogP) is -1.44. The maximum atomic E-state index is 11.5. The highest BCUT2D eigenvalue weighted by molar-refractivity contribution is 5.92. The molecule has 0 spiro atoms. The van der Waals surface area contributed by atoms with Crippen molar-refractivity contribution < 1.29 is 9.90 Å². The van der Waals surface area contributed by atoms with Gasteiger partial charge in [0.05, 0.1) is 12.6 Å². The summed E-state index contributed by atoms with van der Waals surface area (Å²) in [5, 5.41) is 11.4. The first-order chi connectivity index (χ1) is 7.56. The molecule has 1 amide bonds. The fourth-order valence-electron chi connectivity index (χ4n) is 1.13. The molecule has 1 heterocycles. The molecule has 1 atom stereocenters. The van der Waals surface area contributed by atoms with Crippen LogP contribution < -0.4 is 16.6 Å². The number of rotatable bonds is 4. The van der Waals surface area contributed by atoms with Gasteiger partial charge < -0.3 is 15.4 Å². The van der Waals surface area contributed by atoms with Crippen molar-refractivity contribution in [3.8, 4) is 0 Å². The highest BCUT2D eigenvalue weighted by Gasteiger charge is 2.12. The van der Waals surface area contributed by atoms with E-state index in [2.05, 4.69) is 10.3 Å². The summed E-state index contributed by atoms with van der Waals surface area (Å²) in [6, 6.07) is 0.594. The number of aliphatic hydroxyl groups excluding tert-OH is 1. The SMILES string of the molecule is CC[C@@H](CO)NC(=O)c1cc(=O)[nH]c(=O)[nH]1. The van der Waals surface area contributed by atoms with Crippen LogP contribution in [0.5, 0.6) is 0 Å². The summed E-state index contributed by atoms with van der Waals surface area (Å²) in [6.45, 7) is 1.59. The molecule has 4 N–H and O–H groups in total.